The van der Waals surface area contributed by atoms with Gasteiger partial charge in [0.1, 0.15) is 42.4 Å². The van der Waals surface area contributed by atoms with Crippen molar-refractivity contribution in [2.24, 2.45) is 56.6 Å². The molecule has 2 aromatic heterocycles. The van der Waals surface area contributed by atoms with Crippen LogP contribution in [0.25, 0.3) is 16.7 Å². The predicted molar refractivity (Wildman–Crippen MR) is 301 cm³/mol. The van der Waals surface area contributed by atoms with Crippen molar-refractivity contribution in [3.8, 4) is 5.82 Å². The van der Waals surface area contributed by atoms with E-state index in [1.54, 1.807) is 45.9 Å². The molecule has 3 aromatic rings. The van der Waals surface area contributed by atoms with Crippen LogP contribution >= 0.6 is 0 Å². The molecule has 7 rings (SSSR count). The van der Waals surface area contributed by atoms with Gasteiger partial charge in [0, 0.05) is 60.9 Å². The van der Waals surface area contributed by atoms with E-state index in [2.05, 4.69) is 62.5 Å². The van der Waals surface area contributed by atoms with Gasteiger partial charge in [0.15, 0.2) is 17.7 Å². The lowest BCUT2D eigenvalue weighted by Crippen LogP contribution is -2.61. The largest absolute Gasteiger partial charge is 0.480 e. The summed E-state index contributed by atoms with van der Waals surface area (Å²) in [5.74, 6) is -14.0. The number of fused-ring (bicyclic) bond motifs is 13. The Morgan fingerprint density at radius 2 is 1.48 bits per heavy atom. The predicted octanol–water partition coefficient (Wildman–Crippen LogP) is -2.84. The Kier molecular flexibility index (Phi) is 21.5. The zero-order valence-corrected chi connectivity index (χ0v) is 47.3. The zero-order chi connectivity index (χ0) is 61.0. The van der Waals surface area contributed by atoms with Crippen LogP contribution in [0.15, 0.2) is 40.7 Å². The number of H-pyrrole nitrogens is 1. The van der Waals surface area contributed by atoms with Crippen molar-refractivity contribution in [1.82, 2.24) is 57.1 Å². The minimum Gasteiger partial charge on any atom is -0.480 e. The summed E-state index contributed by atoms with van der Waals surface area (Å²) < 4.78 is 1.54. The molecule has 0 spiro atoms. The van der Waals surface area contributed by atoms with Crippen molar-refractivity contribution in [3.63, 3.8) is 0 Å². The first-order valence-corrected chi connectivity index (χ1v) is 27.7. The maximum Gasteiger partial charge on any atom is 0.326 e. The lowest BCUT2D eigenvalue weighted by atomic mass is 9.81. The lowest BCUT2D eigenvalue weighted by molar-refractivity contribution is -0.142. The van der Waals surface area contributed by atoms with Crippen molar-refractivity contribution >= 4 is 87.6 Å². The molecular weight excluding hydrogens is 1080 g/mol. The Hall–Kier alpha value is -8.92. The number of guanidine groups is 2. The number of aliphatic carboxylic acids is 1. The highest BCUT2D eigenvalue weighted by Gasteiger charge is 2.42. The molecule has 1 saturated heterocycles. The Morgan fingerprint density at radius 3 is 2.11 bits per heavy atom. The molecule has 9 atom stereocenters. The molecule has 4 aliphatic heterocycles. The number of carbonyl (C=O) groups excluding carboxylic acids is 10. The van der Waals surface area contributed by atoms with Crippen molar-refractivity contribution in [2.45, 2.75) is 148 Å². The number of Topliss-reactive ketones (excluding diaryl/α,β-unsaturated/α-hetero) is 2. The second-order valence-corrected chi connectivity index (χ2v) is 22.3. The van der Waals surface area contributed by atoms with Crippen LogP contribution in [0.3, 0.4) is 0 Å². The number of imidazole rings is 1. The third kappa shape index (κ3) is 16.6. The van der Waals surface area contributed by atoms with Gasteiger partial charge in [-0.15, -0.1) is 0 Å². The summed E-state index contributed by atoms with van der Waals surface area (Å²) in [5, 5.41) is 31.6. The summed E-state index contributed by atoms with van der Waals surface area (Å²) in [7, 11) is 0. The van der Waals surface area contributed by atoms with Gasteiger partial charge in [-0.3, -0.25) is 62.5 Å². The molecule has 4 aliphatic rings. The molecule has 83 heavy (non-hydrogen) atoms. The minimum atomic E-state index is -1.59. The van der Waals surface area contributed by atoms with Gasteiger partial charge in [-0.1, -0.05) is 53.7 Å². The Balaban J connectivity index is 1.57. The summed E-state index contributed by atoms with van der Waals surface area (Å²) in [5.41, 5.74) is 23.5. The van der Waals surface area contributed by atoms with E-state index < -0.39 is 137 Å². The summed E-state index contributed by atoms with van der Waals surface area (Å²) in [6.07, 6.45) is 2.33. The van der Waals surface area contributed by atoms with E-state index in [-0.39, 0.29) is 100 Å². The molecule has 29 heteroatoms. The highest BCUT2D eigenvalue weighted by atomic mass is 16.4. The number of rotatable bonds is 18. The minimum absolute atomic E-state index is 0.0188. The van der Waals surface area contributed by atoms with Gasteiger partial charge in [-0.2, -0.15) is 0 Å². The molecule has 7 bridgehead atoms. The SMILES string of the molecule is CC(C)C[C@@H]1NC(=O)[C@@H](NC(=O)C(=O)[C@@H]2CCC(=O)N2)[C@@H](C(C)C)c2ccc3c4c([nH]c3c2)-n2cnc(c2)C[C@@H](C(=O)N[C@@H](CCCN=C(N)N)C(=O)O)NC(=O)CNC(=O)C(CCCN=C(N)N)C(=O)[C@H](C4)NC(=O)[C@H](C(C)C)NC1=O. The second kappa shape index (κ2) is 28.2. The first-order chi connectivity index (χ1) is 39.2. The van der Waals surface area contributed by atoms with Gasteiger partial charge in [0.25, 0.3) is 5.91 Å². The van der Waals surface area contributed by atoms with Crippen molar-refractivity contribution < 1.29 is 57.8 Å². The van der Waals surface area contributed by atoms with E-state index in [0.717, 1.165) is 0 Å². The highest BCUT2D eigenvalue weighted by Crippen LogP contribution is 2.35. The normalized spacial score (nSPS) is 23.2. The van der Waals surface area contributed by atoms with Crippen molar-refractivity contribution in [3.05, 3.63) is 47.5 Å². The number of carbonyl (C=O) groups is 11. The van der Waals surface area contributed by atoms with E-state index in [0.29, 0.717) is 22.0 Å². The van der Waals surface area contributed by atoms with Crippen LogP contribution in [0.5, 0.6) is 0 Å². The first kappa shape index (κ1) is 63.3. The van der Waals surface area contributed by atoms with E-state index in [1.807, 2.05) is 13.8 Å². The number of aromatic amines is 1. The first-order valence-electron chi connectivity index (χ1n) is 27.7. The highest BCUT2D eigenvalue weighted by molar-refractivity contribution is 6.39. The van der Waals surface area contributed by atoms with Crippen LogP contribution in [0.1, 0.15) is 109 Å². The van der Waals surface area contributed by atoms with E-state index in [9.17, 15) is 53.1 Å². The van der Waals surface area contributed by atoms with Gasteiger partial charge in [0.2, 0.25) is 47.1 Å². The number of nitrogens with zero attached hydrogens (tertiary/aromatic N) is 4. The molecule has 0 saturated carbocycles. The Morgan fingerprint density at radius 1 is 0.795 bits per heavy atom. The van der Waals surface area contributed by atoms with Crippen LogP contribution in [0.4, 0.5) is 0 Å². The van der Waals surface area contributed by atoms with Crippen LogP contribution in [-0.2, 0) is 65.6 Å². The molecule has 8 amide bonds. The molecular formula is C54H77N17O12. The maximum absolute atomic E-state index is 15.4. The Bertz CT molecular complexity index is 3030. The van der Waals surface area contributed by atoms with Gasteiger partial charge in [0.05, 0.1) is 30.2 Å². The molecule has 0 radical (unpaired) electrons. The molecule has 1 fully saturated rings. The molecule has 1 aromatic carbocycles. The summed E-state index contributed by atoms with van der Waals surface area (Å²) in [6, 6.07) is -4.67. The van der Waals surface area contributed by atoms with Crippen LogP contribution in [0.2, 0.25) is 0 Å². The average molecular weight is 1160 g/mol. The molecule has 1 unspecified atom stereocenters. The number of ketones is 2. The number of carboxylic acid groups (broad SMARTS) is 1. The zero-order valence-electron chi connectivity index (χ0n) is 47.3. The lowest BCUT2D eigenvalue weighted by Gasteiger charge is -2.33. The van der Waals surface area contributed by atoms with Crippen LogP contribution < -0.4 is 65.5 Å². The number of hydrogen-bond acceptors (Lipinski definition) is 14. The van der Waals surface area contributed by atoms with Gasteiger partial charge in [-0.05, 0) is 67.9 Å². The van der Waals surface area contributed by atoms with Gasteiger partial charge < -0.3 is 75.6 Å². The fourth-order valence-corrected chi connectivity index (χ4v) is 10.5. The topological polar surface area (TPSA) is 467 Å². The number of carboxylic acids is 1. The number of benzene rings is 1. The fraction of sp³-hybridized carbons (Fsp3) is 0.556. The summed E-state index contributed by atoms with van der Waals surface area (Å²) in [6.45, 7) is 9.80. The fourth-order valence-electron chi connectivity index (χ4n) is 10.5. The van der Waals surface area contributed by atoms with E-state index >= 15 is 4.79 Å². The van der Waals surface area contributed by atoms with Gasteiger partial charge in [-0.25, -0.2) is 9.78 Å². The number of hydrogen-bond donors (Lipinski definition) is 14. The summed E-state index contributed by atoms with van der Waals surface area (Å²) in [4.78, 5) is 170. The average Bonchev–Trinajstić information content (AvgIpc) is 2.73. The molecule has 18 N–H and O–H groups in total. The van der Waals surface area contributed by atoms with Crippen molar-refractivity contribution in [1.29, 1.82) is 0 Å². The maximum atomic E-state index is 15.4. The second-order valence-electron chi connectivity index (χ2n) is 22.3. The number of nitrogens with one attached hydrogen (secondary N) is 9. The van der Waals surface area contributed by atoms with Crippen LogP contribution in [-0.4, -0.2) is 158 Å². The summed E-state index contributed by atoms with van der Waals surface area (Å²) >= 11 is 0. The van der Waals surface area contributed by atoms with E-state index in [1.165, 1.54) is 17.1 Å². The molecule has 29 nitrogen and oxygen atoms in total. The smallest absolute Gasteiger partial charge is 0.326 e. The molecule has 0 aliphatic carbocycles. The number of aliphatic imine (C=N–C) groups is 2. The van der Waals surface area contributed by atoms with Crippen molar-refractivity contribution in [2.75, 3.05) is 19.6 Å². The Labute approximate surface area is 478 Å². The standard InChI is InChI=1S/C54H77N17O12/c1-24(2)17-36-48(78)69-41(26(5)6)49(79)67-35-20-31-29-12-11-27(40(25(3)4)42(50(80)68-36)70-51(81)44(75)32-13-14-38(72)63-32)18-34(29)65-45(31)71-22-28(62-23-71)19-37(47(77)66-33(52(82)83)10-8-16-60-54(57)58)64-39(73)21-61-46(76)30(43(35)74)9-7-15-59-53(55)56/h11-12,18,22-26,30,32-33,35-37,40-42,65H,7-10,13-17,19-21H2,1-6H3,(H,61,76)(H,63,72)(H,64,73)(H,66,77)(H,67,79)(H,68,80)(H,69,78)(H,70,81)(H,82,83)(H4,55,56,59)(H4,57,58,60)/t30?,32-,33-,35-,36-,37-,40-,41-,42-/m0/s1. The number of amides is 8. The molecule has 6 heterocycles. The van der Waals surface area contributed by atoms with E-state index in [4.69, 9.17) is 22.9 Å². The quantitative estimate of drug-likeness (QED) is 0.0152. The third-order valence-electron chi connectivity index (χ3n) is 14.7. The van der Waals surface area contributed by atoms with Gasteiger partial charge >= 0.3 is 5.97 Å². The molecule has 450 valence electrons. The number of nitrogens with two attached hydrogens (primary N) is 4. The monoisotopic (exact) mass is 1160 g/mol. The van der Waals surface area contributed by atoms with Crippen LogP contribution in [0, 0.1) is 23.7 Å². The number of aromatic nitrogens is 3. The third-order valence-corrected chi connectivity index (χ3v) is 14.7.